The third-order valence-corrected chi connectivity index (χ3v) is 7.82. The van der Waals surface area contributed by atoms with Crippen molar-refractivity contribution in [3.05, 3.63) is 0 Å². The highest BCUT2D eigenvalue weighted by Crippen LogP contribution is 2.37. The highest BCUT2D eigenvalue weighted by atomic mass is 28.4. The lowest BCUT2D eigenvalue weighted by atomic mass is 10.2. The van der Waals surface area contributed by atoms with Crippen LogP contribution in [0.2, 0.25) is 18.1 Å². The number of methoxy groups -OCH3 is 1. The van der Waals surface area contributed by atoms with Gasteiger partial charge in [0.15, 0.2) is 8.32 Å². The molecule has 0 saturated carbocycles. The van der Waals surface area contributed by atoms with Gasteiger partial charge in [0.05, 0.1) is 19.6 Å². The highest BCUT2D eigenvalue weighted by Gasteiger charge is 2.39. The summed E-state index contributed by atoms with van der Waals surface area (Å²) in [6.07, 6.45) is -1.03. The van der Waals surface area contributed by atoms with Crippen LogP contribution in [0.1, 0.15) is 33.6 Å². The average molecular weight is 275 g/mol. The molecule has 0 N–H and O–H groups in total. The van der Waals surface area contributed by atoms with Gasteiger partial charge in [-0.25, -0.2) is 0 Å². The lowest BCUT2D eigenvalue weighted by Crippen LogP contribution is -2.45. The third kappa shape index (κ3) is 5.64. The largest absolute Gasteiger partial charge is 0.550 e. The van der Waals surface area contributed by atoms with Crippen LogP contribution in [0.15, 0.2) is 0 Å². The summed E-state index contributed by atoms with van der Waals surface area (Å²) in [5.41, 5.74) is 0. The van der Waals surface area contributed by atoms with Crippen molar-refractivity contribution in [3.63, 3.8) is 0 Å². The molecular weight excluding hydrogens is 252 g/mol. The zero-order chi connectivity index (χ0) is 14.6. The maximum Gasteiger partial charge on any atom is 0.308 e. The van der Waals surface area contributed by atoms with Gasteiger partial charge in [0.2, 0.25) is 0 Å². The molecule has 0 fully saturated rings. The molecule has 1 unspecified atom stereocenters. The van der Waals surface area contributed by atoms with E-state index in [-0.39, 0.29) is 17.9 Å². The molecule has 18 heavy (non-hydrogen) atoms. The molecule has 0 aliphatic carbocycles. The van der Waals surface area contributed by atoms with Crippen LogP contribution < -0.4 is 5.11 Å². The maximum atomic E-state index is 11.2. The van der Waals surface area contributed by atoms with Crippen molar-refractivity contribution in [2.75, 3.05) is 7.11 Å². The van der Waals surface area contributed by atoms with E-state index >= 15 is 0 Å². The molecule has 0 aliphatic rings. The number of carbonyl (C=O) groups is 2. The van der Waals surface area contributed by atoms with Gasteiger partial charge in [0.1, 0.15) is 0 Å². The molecule has 5 nitrogen and oxygen atoms in total. The first kappa shape index (κ1) is 17.1. The zero-order valence-corrected chi connectivity index (χ0v) is 13.0. The molecule has 106 valence electrons. The second-order valence-electron chi connectivity index (χ2n) is 5.86. The summed E-state index contributed by atoms with van der Waals surface area (Å²) in [4.78, 5) is 21.9. The number of esters is 1. The second-order valence-corrected chi connectivity index (χ2v) is 10.6. The van der Waals surface area contributed by atoms with E-state index in [1.807, 2.05) is 33.9 Å². The fourth-order valence-corrected chi connectivity index (χ4v) is 2.56. The van der Waals surface area contributed by atoms with Crippen molar-refractivity contribution in [2.45, 2.75) is 57.8 Å². The minimum atomic E-state index is -2.11. The fraction of sp³-hybridized carbons (Fsp3) is 0.833. The molecule has 0 aromatic carbocycles. The van der Waals surface area contributed by atoms with E-state index in [9.17, 15) is 14.7 Å². The van der Waals surface area contributed by atoms with E-state index in [2.05, 4.69) is 4.74 Å². The maximum absolute atomic E-state index is 11.2. The molecule has 0 aliphatic heterocycles. The van der Waals surface area contributed by atoms with E-state index in [0.717, 1.165) is 0 Å². The van der Waals surface area contributed by atoms with Gasteiger partial charge in [-0.3, -0.25) is 4.79 Å². The van der Waals surface area contributed by atoms with E-state index in [4.69, 9.17) is 4.43 Å². The molecule has 6 heteroatoms. The monoisotopic (exact) mass is 275 g/mol. The Bertz CT molecular complexity index is 306. The van der Waals surface area contributed by atoms with E-state index in [0.29, 0.717) is 0 Å². The molecule has 0 bridgehead atoms. The number of ether oxygens (including phenoxy) is 1. The van der Waals surface area contributed by atoms with Crippen LogP contribution in [0.5, 0.6) is 0 Å². The SMILES string of the molecule is COC(=O)CC(CC(=O)[O-])O[Si](C)(C)C(C)(C)C. The number of carbonyl (C=O) groups excluding carboxylic acids is 2. The van der Waals surface area contributed by atoms with Crippen LogP contribution >= 0.6 is 0 Å². The Labute approximate surface area is 110 Å². The van der Waals surface area contributed by atoms with Crippen molar-refractivity contribution in [1.29, 1.82) is 0 Å². The molecule has 0 heterocycles. The van der Waals surface area contributed by atoms with Crippen molar-refractivity contribution >= 4 is 20.3 Å². The Kier molecular flexibility index (Phi) is 6.02. The Morgan fingerprint density at radius 2 is 1.72 bits per heavy atom. The Hall–Kier alpha value is -0.883. The number of carboxylic acids is 1. The first-order chi connectivity index (χ1) is 7.99. The summed E-state index contributed by atoms with van der Waals surface area (Å²) in [7, 11) is -0.845. The lowest BCUT2D eigenvalue weighted by Gasteiger charge is -2.39. The summed E-state index contributed by atoms with van der Waals surface area (Å²) in [6.45, 7) is 10.2. The van der Waals surface area contributed by atoms with Gasteiger partial charge in [-0.15, -0.1) is 0 Å². The van der Waals surface area contributed by atoms with Gasteiger partial charge in [-0.2, -0.15) is 0 Å². The Morgan fingerprint density at radius 3 is 2.06 bits per heavy atom. The van der Waals surface area contributed by atoms with Gasteiger partial charge >= 0.3 is 5.97 Å². The normalized spacial score (nSPS) is 14.1. The van der Waals surface area contributed by atoms with Crippen molar-refractivity contribution < 1.29 is 23.9 Å². The topological polar surface area (TPSA) is 75.7 Å². The van der Waals surface area contributed by atoms with E-state index < -0.39 is 26.4 Å². The number of aliphatic carboxylic acids is 1. The standard InChI is InChI=1S/C12H24O5Si/c1-12(2,3)18(5,6)17-9(7-10(13)14)8-11(15)16-4/h9H,7-8H2,1-6H3,(H,13,14)/p-1. The summed E-state index contributed by atoms with van der Waals surface area (Å²) in [5, 5.41) is 10.6. The van der Waals surface area contributed by atoms with Gasteiger partial charge in [0, 0.05) is 12.4 Å². The lowest BCUT2D eigenvalue weighted by molar-refractivity contribution is -0.307. The highest BCUT2D eigenvalue weighted by molar-refractivity contribution is 6.74. The number of hydrogen-bond donors (Lipinski definition) is 0. The van der Waals surface area contributed by atoms with Gasteiger partial charge in [-0.1, -0.05) is 20.8 Å². The molecule has 0 aromatic heterocycles. The van der Waals surface area contributed by atoms with Crippen LogP contribution in [0.4, 0.5) is 0 Å². The van der Waals surface area contributed by atoms with Gasteiger partial charge in [0.25, 0.3) is 0 Å². The van der Waals surface area contributed by atoms with E-state index in [1.165, 1.54) is 7.11 Å². The van der Waals surface area contributed by atoms with Gasteiger partial charge in [-0.05, 0) is 18.1 Å². The smallest absolute Gasteiger partial charge is 0.308 e. The summed E-state index contributed by atoms with van der Waals surface area (Å²) in [5.74, 6) is -1.69. The average Bonchev–Trinajstić information content (AvgIpc) is 2.13. The Balaban J connectivity index is 4.78. The van der Waals surface area contributed by atoms with Crippen LogP contribution in [0.25, 0.3) is 0 Å². The molecule has 0 saturated heterocycles. The fourth-order valence-electron chi connectivity index (χ4n) is 1.20. The predicted molar refractivity (Wildman–Crippen MR) is 68.3 cm³/mol. The summed E-state index contributed by atoms with van der Waals surface area (Å²) >= 11 is 0. The van der Waals surface area contributed by atoms with Gasteiger partial charge < -0.3 is 19.1 Å². The first-order valence-electron chi connectivity index (χ1n) is 5.94. The Morgan fingerprint density at radius 1 is 1.22 bits per heavy atom. The van der Waals surface area contributed by atoms with Crippen LogP contribution in [-0.4, -0.2) is 33.5 Å². The molecule has 0 spiro atoms. The molecule has 0 rings (SSSR count). The van der Waals surface area contributed by atoms with Crippen LogP contribution in [-0.2, 0) is 18.8 Å². The second kappa shape index (κ2) is 6.33. The first-order valence-corrected chi connectivity index (χ1v) is 8.85. The molecule has 0 amide bonds. The third-order valence-electron chi connectivity index (χ3n) is 3.28. The number of hydrogen-bond acceptors (Lipinski definition) is 5. The van der Waals surface area contributed by atoms with Crippen LogP contribution in [0, 0.1) is 0 Å². The summed E-state index contributed by atoms with van der Waals surface area (Å²) < 4.78 is 10.4. The minimum absolute atomic E-state index is 0.0483. The minimum Gasteiger partial charge on any atom is -0.550 e. The number of carboxylic acid groups (broad SMARTS) is 1. The van der Waals surface area contributed by atoms with Crippen molar-refractivity contribution in [3.8, 4) is 0 Å². The zero-order valence-electron chi connectivity index (χ0n) is 12.0. The van der Waals surface area contributed by atoms with Crippen molar-refractivity contribution in [2.24, 2.45) is 0 Å². The van der Waals surface area contributed by atoms with Crippen molar-refractivity contribution in [1.82, 2.24) is 0 Å². The van der Waals surface area contributed by atoms with E-state index in [1.54, 1.807) is 0 Å². The molecular formula is C12H23O5Si-. The van der Waals surface area contributed by atoms with Crippen LogP contribution in [0.3, 0.4) is 0 Å². The predicted octanol–water partition coefficient (Wildman–Crippen LogP) is 1.08. The molecule has 0 radical (unpaired) electrons. The quantitative estimate of drug-likeness (QED) is 0.535. The summed E-state index contributed by atoms with van der Waals surface area (Å²) in [6, 6.07) is 0. The molecule has 0 aromatic rings. The molecule has 1 atom stereocenters. The number of rotatable bonds is 6.